The highest BCUT2D eigenvalue weighted by Crippen LogP contribution is 2.29. The van der Waals surface area contributed by atoms with Gasteiger partial charge in [-0.05, 0) is 31.2 Å². The van der Waals surface area contributed by atoms with Crippen molar-refractivity contribution >= 4 is 34.4 Å². The molecule has 0 spiro atoms. The lowest BCUT2D eigenvalue weighted by Gasteiger charge is -2.34. The molecule has 0 saturated carbocycles. The van der Waals surface area contributed by atoms with Gasteiger partial charge in [-0.25, -0.2) is 0 Å². The van der Waals surface area contributed by atoms with Crippen molar-refractivity contribution in [2.75, 3.05) is 26.2 Å². The summed E-state index contributed by atoms with van der Waals surface area (Å²) in [5.41, 5.74) is 1.95. The van der Waals surface area contributed by atoms with E-state index in [0.29, 0.717) is 48.1 Å². The number of nitrogens with zero attached hydrogens (tertiary/aromatic N) is 2. The summed E-state index contributed by atoms with van der Waals surface area (Å²) >= 11 is 6.04. The van der Waals surface area contributed by atoms with Gasteiger partial charge >= 0.3 is 0 Å². The van der Waals surface area contributed by atoms with Crippen LogP contribution in [0.25, 0.3) is 11.0 Å². The summed E-state index contributed by atoms with van der Waals surface area (Å²) in [6.07, 6.45) is 2.91. The first-order chi connectivity index (χ1) is 12.5. The molecule has 2 amide bonds. The van der Waals surface area contributed by atoms with Gasteiger partial charge in [0, 0.05) is 42.2 Å². The topological polar surface area (TPSA) is 66.9 Å². The number of aryl methyl sites for hydroxylation is 1. The Kier molecular flexibility index (Phi) is 4.20. The van der Waals surface area contributed by atoms with Gasteiger partial charge in [0.1, 0.15) is 11.8 Å². The molecule has 4 rings (SSSR count). The van der Waals surface area contributed by atoms with E-state index in [0.717, 1.165) is 10.9 Å². The van der Waals surface area contributed by atoms with Crippen LogP contribution in [-0.4, -0.2) is 47.8 Å². The fourth-order valence-electron chi connectivity index (χ4n) is 3.22. The molecule has 7 heteroatoms. The van der Waals surface area contributed by atoms with Crippen LogP contribution in [0.1, 0.15) is 26.5 Å². The van der Waals surface area contributed by atoms with E-state index in [-0.39, 0.29) is 11.8 Å². The third-order valence-corrected chi connectivity index (χ3v) is 4.95. The molecule has 3 aromatic rings. The predicted octanol–water partition coefficient (Wildman–Crippen LogP) is 3.59. The zero-order valence-corrected chi connectivity index (χ0v) is 15.0. The lowest BCUT2D eigenvalue weighted by atomic mass is 10.1. The number of amides is 2. The van der Waals surface area contributed by atoms with Crippen LogP contribution in [0.2, 0.25) is 5.02 Å². The molecule has 1 aromatic carbocycles. The molecule has 3 heterocycles. The van der Waals surface area contributed by atoms with E-state index in [1.54, 1.807) is 34.1 Å². The van der Waals surface area contributed by atoms with E-state index in [1.807, 2.05) is 6.92 Å². The predicted molar refractivity (Wildman–Crippen MR) is 96.5 cm³/mol. The normalized spacial score (nSPS) is 14.8. The summed E-state index contributed by atoms with van der Waals surface area (Å²) in [5, 5.41) is 1.45. The van der Waals surface area contributed by atoms with Crippen LogP contribution in [0.4, 0.5) is 0 Å². The second kappa shape index (κ2) is 6.53. The van der Waals surface area contributed by atoms with E-state index in [4.69, 9.17) is 20.4 Å². The van der Waals surface area contributed by atoms with E-state index >= 15 is 0 Å². The van der Waals surface area contributed by atoms with E-state index in [2.05, 4.69) is 0 Å². The van der Waals surface area contributed by atoms with Crippen molar-refractivity contribution in [3.05, 3.63) is 58.7 Å². The quantitative estimate of drug-likeness (QED) is 0.689. The van der Waals surface area contributed by atoms with Gasteiger partial charge in [0.25, 0.3) is 11.8 Å². The van der Waals surface area contributed by atoms with Crippen LogP contribution in [0.3, 0.4) is 0 Å². The number of hydrogen-bond donors (Lipinski definition) is 0. The Bertz CT molecular complexity index is 969. The number of furan rings is 2. The number of benzene rings is 1. The van der Waals surface area contributed by atoms with Crippen molar-refractivity contribution < 1.29 is 18.4 Å². The van der Waals surface area contributed by atoms with E-state index in [9.17, 15) is 9.59 Å². The first kappa shape index (κ1) is 16.7. The monoisotopic (exact) mass is 372 g/mol. The average molecular weight is 373 g/mol. The molecular weight excluding hydrogens is 356 g/mol. The number of rotatable bonds is 2. The fraction of sp³-hybridized carbons (Fsp3) is 0.263. The summed E-state index contributed by atoms with van der Waals surface area (Å²) in [6.45, 7) is 3.72. The number of carbonyl (C=O) groups is 2. The van der Waals surface area contributed by atoms with Gasteiger partial charge in [0.2, 0.25) is 0 Å². The molecule has 1 fully saturated rings. The molecular formula is C19H17ClN2O4. The van der Waals surface area contributed by atoms with Gasteiger partial charge in [-0.3, -0.25) is 9.59 Å². The molecule has 0 radical (unpaired) electrons. The van der Waals surface area contributed by atoms with Crippen molar-refractivity contribution in [1.29, 1.82) is 0 Å². The van der Waals surface area contributed by atoms with Crippen molar-refractivity contribution in [2.45, 2.75) is 6.92 Å². The first-order valence-corrected chi connectivity index (χ1v) is 8.72. The van der Waals surface area contributed by atoms with Gasteiger partial charge in [-0.1, -0.05) is 11.6 Å². The lowest BCUT2D eigenvalue weighted by Crippen LogP contribution is -2.50. The van der Waals surface area contributed by atoms with Gasteiger partial charge < -0.3 is 18.6 Å². The summed E-state index contributed by atoms with van der Waals surface area (Å²) in [7, 11) is 0. The largest absolute Gasteiger partial charge is 0.472 e. The second-order valence-corrected chi connectivity index (χ2v) is 6.73. The lowest BCUT2D eigenvalue weighted by molar-refractivity contribution is 0.0518. The Labute approximate surface area is 154 Å². The molecule has 0 aliphatic carbocycles. The van der Waals surface area contributed by atoms with Crippen LogP contribution >= 0.6 is 11.6 Å². The smallest absolute Gasteiger partial charge is 0.290 e. The molecule has 134 valence electrons. The highest BCUT2D eigenvalue weighted by Gasteiger charge is 2.29. The minimum Gasteiger partial charge on any atom is -0.472 e. The maximum absolute atomic E-state index is 12.9. The fourth-order valence-corrected chi connectivity index (χ4v) is 3.39. The van der Waals surface area contributed by atoms with Crippen molar-refractivity contribution in [3.8, 4) is 0 Å². The van der Waals surface area contributed by atoms with Gasteiger partial charge in [-0.2, -0.15) is 0 Å². The minimum atomic E-state index is -0.162. The standard InChI is InChI=1S/C19H17ClN2O4/c1-12-15-10-14(20)2-3-16(15)26-17(12)19(24)22-7-5-21(6-8-22)18(23)13-4-9-25-11-13/h2-4,9-11H,5-8H2,1H3. The summed E-state index contributed by atoms with van der Waals surface area (Å²) in [6, 6.07) is 6.95. The van der Waals surface area contributed by atoms with E-state index < -0.39 is 0 Å². The molecule has 2 aromatic heterocycles. The molecule has 0 unspecified atom stereocenters. The number of fused-ring (bicyclic) bond motifs is 1. The van der Waals surface area contributed by atoms with Crippen molar-refractivity contribution in [2.24, 2.45) is 0 Å². The third-order valence-electron chi connectivity index (χ3n) is 4.71. The Morgan fingerprint density at radius 1 is 1.04 bits per heavy atom. The maximum Gasteiger partial charge on any atom is 0.290 e. The van der Waals surface area contributed by atoms with Gasteiger partial charge in [-0.15, -0.1) is 0 Å². The number of carbonyl (C=O) groups excluding carboxylic acids is 2. The molecule has 0 N–H and O–H groups in total. The molecule has 0 atom stereocenters. The SMILES string of the molecule is Cc1c(C(=O)N2CCN(C(=O)c3ccoc3)CC2)oc2ccc(Cl)cc12. The van der Waals surface area contributed by atoms with Crippen molar-refractivity contribution in [3.63, 3.8) is 0 Å². The highest BCUT2D eigenvalue weighted by molar-refractivity contribution is 6.31. The summed E-state index contributed by atoms with van der Waals surface area (Å²) in [4.78, 5) is 28.6. The Morgan fingerprint density at radius 2 is 1.73 bits per heavy atom. The maximum atomic E-state index is 12.9. The van der Waals surface area contributed by atoms with Gasteiger partial charge in [0.15, 0.2) is 5.76 Å². The number of piperazine rings is 1. The summed E-state index contributed by atoms with van der Waals surface area (Å²) < 4.78 is 10.7. The Balaban J connectivity index is 1.49. The third kappa shape index (κ3) is 2.86. The van der Waals surface area contributed by atoms with Crippen LogP contribution in [0, 0.1) is 6.92 Å². The average Bonchev–Trinajstić information content (AvgIpc) is 3.30. The minimum absolute atomic E-state index is 0.0830. The molecule has 1 aliphatic heterocycles. The number of hydrogen-bond acceptors (Lipinski definition) is 4. The second-order valence-electron chi connectivity index (χ2n) is 6.29. The molecule has 1 saturated heterocycles. The zero-order valence-electron chi connectivity index (χ0n) is 14.2. The molecule has 1 aliphatic rings. The molecule has 26 heavy (non-hydrogen) atoms. The molecule has 6 nitrogen and oxygen atoms in total. The first-order valence-electron chi connectivity index (χ1n) is 8.34. The molecule has 0 bridgehead atoms. The van der Waals surface area contributed by atoms with E-state index in [1.165, 1.54) is 12.5 Å². The van der Waals surface area contributed by atoms with Crippen LogP contribution in [0.5, 0.6) is 0 Å². The Morgan fingerprint density at radius 3 is 2.38 bits per heavy atom. The van der Waals surface area contributed by atoms with Crippen LogP contribution in [0.15, 0.2) is 45.6 Å². The number of halogens is 1. The van der Waals surface area contributed by atoms with Crippen molar-refractivity contribution in [1.82, 2.24) is 9.80 Å². The zero-order chi connectivity index (χ0) is 18.3. The van der Waals surface area contributed by atoms with Crippen LogP contribution < -0.4 is 0 Å². The highest BCUT2D eigenvalue weighted by atomic mass is 35.5. The van der Waals surface area contributed by atoms with Crippen LogP contribution in [-0.2, 0) is 0 Å². The summed E-state index contributed by atoms with van der Waals surface area (Å²) in [5.74, 6) is 0.0857. The Hall–Kier alpha value is -2.73. The van der Waals surface area contributed by atoms with Gasteiger partial charge in [0.05, 0.1) is 11.8 Å².